The summed E-state index contributed by atoms with van der Waals surface area (Å²) in [5.74, 6) is -2.15. The number of carboxylic acid groups (broad SMARTS) is 1. The summed E-state index contributed by atoms with van der Waals surface area (Å²) in [5.41, 5.74) is 0. The Morgan fingerprint density at radius 1 is 0.833 bits per heavy atom. The van der Waals surface area contributed by atoms with Crippen molar-refractivity contribution < 1.29 is 24.6 Å². The number of carboxylic acids is 1. The first kappa shape index (κ1) is 29.1. The standard InChI is InChI=1S/C25H49NO4/c1-5-6-7-8-9-10-11-12-13-14-15-16-17-18-22(27)19-20-23(25(29)30)24(28)21-26(2,3)4/h12-13,22-24,27-28H,5-11,14-21H2,1-4H3/b13-12-. The zero-order chi connectivity index (χ0) is 22.8. The molecule has 2 N–H and O–H groups in total. The third-order valence-electron chi connectivity index (χ3n) is 5.61. The topological polar surface area (TPSA) is 80.6 Å². The largest absolute Gasteiger partial charge is 0.550 e. The fourth-order valence-electron chi connectivity index (χ4n) is 3.77. The van der Waals surface area contributed by atoms with Gasteiger partial charge in [0.2, 0.25) is 0 Å². The van der Waals surface area contributed by atoms with Crippen molar-refractivity contribution in [2.75, 3.05) is 27.7 Å². The van der Waals surface area contributed by atoms with Gasteiger partial charge in [0.15, 0.2) is 0 Å². The highest BCUT2D eigenvalue weighted by Crippen LogP contribution is 2.18. The van der Waals surface area contributed by atoms with Crippen molar-refractivity contribution in [3.8, 4) is 0 Å². The quantitative estimate of drug-likeness (QED) is 0.176. The van der Waals surface area contributed by atoms with Crippen molar-refractivity contribution in [1.29, 1.82) is 0 Å². The van der Waals surface area contributed by atoms with E-state index >= 15 is 0 Å². The molecule has 30 heavy (non-hydrogen) atoms. The van der Waals surface area contributed by atoms with Crippen molar-refractivity contribution in [2.24, 2.45) is 5.92 Å². The second-order valence-corrected chi connectivity index (χ2v) is 9.86. The molecular weight excluding hydrogens is 378 g/mol. The fourth-order valence-corrected chi connectivity index (χ4v) is 3.77. The molecule has 0 saturated heterocycles. The molecule has 0 aliphatic rings. The van der Waals surface area contributed by atoms with Crippen LogP contribution in [-0.2, 0) is 4.79 Å². The van der Waals surface area contributed by atoms with Gasteiger partial charge < -0.3 is 24.6 Å². The highest BCUT2D eigenvalue weighted by atomic mass is 16.4. The van der Waals surface area contributed by atoms with Crippen LogP contribution in [0, 0.1) is 5.92 Å². The molecule has 0 fully saturated rings. The van der Waals surface area contributed by atoms with Gasteiger partial charge in [-0.2, -0.15) is 0 Å². The molecule has 5 heteroatoms. The third kappa shape index (κ3) is 17.9. The predicted octanol–water partition coefficient (Wildman–Crippen LogP) is 3.82. The Morgan fingerprint density at radius 2 is 1.37 bits per heavy atom. The minimum Gasteiger partial charge on any atom is -0.550 e. The average molecular weight is 428 g/mol. The number of quaternary nitrogens is 1. The summed E-state index contributed by atoms with van der Waals surface area (Å²) in [5, 5.41) is 31.7. The van der Waals surface area contributed by atoms with E-state index in [1.54, 1.807) is 0 Å². The Hall–Kier alpha value is -0.910. The van der Waals surface area contributed by atoms with E-state index in [1.807, 2.05) is 21.1 Å². The van der Waals surface area contributed by atoms with Crippen LogP contribution in [0.3, 0.4) is 0 Å². The lowest BCUT2D eigenvalue weighted by molar-refractivity contribution is -0.874. The number of rotatable bonds is 20. The van der Waals surface area contributed by atoms with E-state index in [1.165, 1.54) is 44.9 Å². The first-order valence-electron chi connectivity index (χ1n) is 12.2. The smallest absolute Gasteiger partial charge is 0.111 e. The Labute approximate surface area is 185 Å². The highest BCUT2D eigenvalue weighted by Gasteiger charge is 2.26. The van der Waals surface area contributed by atoms with Crippen LogP contribution < -0.4 is 5.11 Å². The maximum Gasteiger partial charge on any atom is 0.111 e. The number of aliphatic hydroxyl groups is 2. The van der Waals surface area contributed by atoms with Crippen molar-refractivity contribution in [1.82, 2.24) is 0 Å². The number of hydrogen-bond donors (Lipinski definition) is 2. The summed E-state index contributed by atoms with van der Waals surface area (Å²) in [6.45, 7) is 2.59. The molecule has 0 saturated carbocycles. The van der Waals surface area contributed by atoms with Crippen LogP contribution in [-0.4, -0.2) is 60.6 Å². The van der Waals surface area contributed by atoms with Gasteiger partial charge in [-0.25, -0.2) is 0 Å². The van der Waals surface area contributed by atoms with Crippen LogP contribution in [0.15, 0.2) is 12.2 Å². The second kappa shape index (κ2) is 17.7. The minimum atomic E-state index is -1.23. The van der Waals surface area contributed by atoms with Gasteiger partial charge in [-0.15, -0.1) is 0 Å². The molecule has 0 spiro atoms. The summed E-state index contributed by atoms with van der Waals surface area (Å²) in [6.07, 6.45) is 17.9. The average Bonchev–Trinajstić information content (AvgIpc) is 2.64. The number of aliphatic carboxylic acids is 1. The van der Waals surface area contributed by atoms with Gasteiger partial charge in [0.05, 0.1) is 27.2 Å². The molecule has 0 bridgehead atoms. The summed E-state index contributed by atoms with van der Waals surface area (Å²) in [6, 6.07) is 0. The second-order valence-electron chi connectivity index (χ2n) is 9.86. The Morgan fingerprint density at radius 3 is 1.90 bits per heavy atom. The first-order chi connectivity index (χ1) is 14.2. The number of hydrogen-bond acceptors (Lipinski definition) is 4. The first-order valence-corrected chi connectivity index (χ1v) is 12.2. The van der Waals surface area contributed by atoms with Crippen LogP contribution in [0.2, 0.25) is 0 Å². The molecule has 0 heterocycles. The maximum absolute atomic E-state index is 11.4. The molecule has 3 atom stereocenters. The summed E-state index contributed by atoms with van der Waals surface area (Å²) in [4.78, 5) is 11.4. The summed E-state index contributed by atoms with van der Waals surface area (Å²) in [7, 11) is 5.73. The number of allylic oxidation sites excluding steroid dienone is 2. The molecule has 0 aromatic rings. The molecule has 0 aliphatic heterocycles. The maximum atomic E-state index is 11.4. The Kier molecular flexibility index (Phi) is 17.2. The van der Waals surface area contributed by atoms with E-state index in [4.69, 9.17) is 0 Å². The number of unbranched alkanes of at least 4 members (excludes halogenated alkanes) is 9. The van der Waals surface area contributed by atoms with Gasteiger partial charge in [-0.1, -0.05) is 64.0 Å². The van der Waals surface area contributed by atoms with E-state index in [9.17, 15) is 20.1 Å². The van der Waals surface area contributed by atoms with E-state index in [-0.39, 0.29) is 6.42 Å². The number of likely N-dealkylation sites (N-methyl/N-ethyl adjacent to an activating group) is 1. The lowest BCUT2D eigenvalue weighted by atomic mass is 9.93. The molecule has 0 amide bonds. The lowest BCUT2D eigenvalue weighted by Gasteiger charge is -2.31. The molecule has 0 aromatic carbocycles. The Balaban J connectivity index is 3.78. The number of nitrogens with zero attached hydrogens (tertiary/aromatic N) is 1. The fraction of sp³-hybridized carbons (Fsp3) is 0.880. The minimum absolute atomic E-state index is 0.256. The molecular formula is C25H49NO4. The van der Waals surface area contributed by atoms with Crippen molar-refractivity contribution in [2.45, 2.75) is 109 Å². The van der Waals surface area contributed by atoms with Gasteiger partial charge in [0.25, 0.3) is 0 Å². The molecule has 178 valence electrons. The molecule has 0 aromatic heterocycles. The molecule has 5 nitrogen and oxygen atoms in total. The number of carbonyl (C=O) groups excluding carboxylic acids is 1. The van der Waals surface area contributed by atoms with Gasteiger partial charge in [-0.3, -0.25) is 0 Å². The van der Waals surface area contributed by atoms with Crippen LogP contribution >= 0.6 is 0 Å². The molecule has 0 aliphatic carbocycles. The van der Waals surface area contributed by atoms with Gasteiger partial charge >= 0.3 is 0 Å². The Bertz CT molecular complexity index is 445. The van der Waals surface area contributed by atoms with E-state index < -0.39 is 24.1 Å². The normalized spacial score (nSPS) is 15.4. The van der Waals surface area contributed by atoms with Crippen molar-refractivity contribution >= 4 is 5.97 Å². The van der Waals surface area contributed by atoms with Crippen molar-refractivity contribution in [3.05, 3.63) is 12.2 Å². The number of carbonyl (C=O) groups is 1. The van der Waals surface area contributed by atoms with Crippen LogP contribution in [0.5, 0.6) is 0 Å². The van der Waals surface area contributed by atoms with Gasteiger partial charge in [0.1, 0.15) is 12.6 Å². The van der Waals surface area contributed by atoms with E-state index in [0.29, 0.717) is 23.9 Å². The predicted molar refractivity (Wildman–Crippen MR) is 123 cm³/mol. The van der Waals surface area contributed by atoms with Crippen molar-refractivity contribution in [3.63, 3.8) is 0 Å². The lowest BCUT2D eigenvalue weighted by Crippen LogP contribution is -2.48. The molecule has 0 radical (unpaired) electrons. The monoisotopic (exact) mass is 427 g/mol. The van der Waals surface area contributed by atoms with Crippen LogP contribution in [0.1, 0.15) is 96.8 Å². The number of aliphatic hydroxyl groups excluding tert-OH is 2. The van der Waals surface area contributed by atoms with Crippen LogP contribution in [0.25, 0.3) is 0 Å². The van der Waals surface area contributed by atoms with Gasteiger partial charge in [-0.05, 0) is 44.9 Å². The van der Waals surface area contributed by atoms with E-state index in [2.05, 4.69) is 19.1 Å². The highest BCUT2D eigenvalue weighted by molar-refractivity contribution is 5.68. The third-order valence-corrected chi connectivity index (χ3v) is 5.61. The molecule has 3 unspecified atom stereocenters. The van der Waals surface area contributed by atoms with Crippen LogP contribution in [0.4, 0.5) is 0 Å². The zero-order valence-corrected chi connectivity index (χ0v) is 20.2. The zero-order valence-electron chi connectivity index (χ0n) is 20.2. The van der Waals surface area contributed by atoms with Gasteiger partial charge in [0, 0.05) is 11.9 Å². The summed E-state index contributed by atoms with van der Waals surface area (Å²) < 4.78 is 0.487. The molecule has 0 rings (SSSR count). The SMILES string of the molecule is CCCCCCCC/C=C\CCCCCC(O)CCC(C(=O)[O-])C(O)C[N+](C)(C)C. The van der Waals surface area contributed by atoms with E-state index in [0.717, 1.165) is 25.7 Å². The summed E-state index contributed by atoms with van der Waals surface area (Å²) >= 11 is 0.